The fraction of sp³-hybridized carbons (Fsp3) is 0.900. The highest BCUT2D eigenvalue weighted by Gasteiger charge is 2.27. The number of rotatable bonds is 3. The molecule has 2 aliphatic rings. The number of aliphatic hydroxyl groups is 1. The Morgan fingerprint density at radius 2 is 2.40 bits per heavy atom. The maximum absolute atomic E-state index is 11.7. The normalized spacial score (nSPS) is 35.7. The summed E-state index contributed by atoms with van der Waals surface area (Å²) in [5.74, 6) is 1.43. The molecule has 3 atom stereocenters. The van der Waals surface area contributed by atoms with Crippen LogP contribution in [0.2, 0.25) is 0 Å². The Kier molecular flexibility index (Phi) is 3.88. The second kappa shape index (κ2) is 5.18. The summed E-state index contributed by atoms with van der Waals surface area (Å²) in [4.78, 5) is 11.7. The lowest BCUT2D eigenvalue weighted by atomic mass is 10.1. The lowest BCUT2D eigenvalue weighted by molar-refractivity contribution is -0.120. The molecular formula is C10H18N2O2S. The third-order valence-corrected chi connectivity index (χ3v) is 4.44. The van der Waals surface area contributed by atoms with Gasteiger partial charge >= 0.3 is 0 Å². The van der Waals surface area contributed by atoms with Gasteiger partial charge in [-0.2, -0.15) is 0 Å². The van der Waals surface area contributed by atoms with Crippen molar-refractivity contribution in [3.63, 3.8) is 0 Å². The Morgan fingerprint density at radius 1 is 1.53 bits per heavy atom. The SMILES string of the molecule is O=C(NCC1CNCC1O)C1CCCS1. The average molecular weight is 230 g/mol. The van der Waals surface area contributed by atoms with Crippen LogP contribution < -0.4 is 10.6 Å². The maximum atomic E-state index is 11.7. The largest absolute Gasteiger partial charge is 0.391 e. The van der Waals surface area contributed by atoms with Crippen molar-refractivity contribution in [2.24, 2.45) is 5.92 Å². The first-order valence-electron chi connectivity index (χ1n) is 5.55. The topological polar surface area (TPSA) is 61.4 Å². The molecule has 0 radical (unpaired) electrons. The minimum atomic E-state index is -0.304. The molecule has 2 rings (SSSR count). The molecule has 0 aromatic carbocycles. The Hall–Kier alpha value is -0.260. The van der Waals surface area contributed by atoms with Crippen LogP contribution in [0.3, 0.4) is 0 Å². The monoisotopic (exact) mass is 230 g/mol. The van der Waals surface area contributed by atoms with Crippen LogP contribution >= 0.6 is 11.8 Å². The minimum Gasteiger partial charge on any atom is -0.391 e. The van der Waals surface area contributed by atoms with Crippen molar-refractivity contribution >= 4 is 17.7 Å². The highest BCUT2D eigenvalue weighted by atomic mass is 32.2. The molecule has 4 nitrogen and oxygen atoms in total. The van der Waals surface area contributed by atoms with Crippen molar-refractivity contribution in [3.05, 3.63) is 0 Å². The third kappa shape index (κ3) is 2.86. The van der Waals surface area contributed by atoms with E-state index in [-0.39, 0.29) is 23.2 Å². The number of hydrogen-bond donors (Lipinski definition) is 3. The van der Waals surface area contributed by atoms with Crippen LogP contribution in [0.15, 0.2) is 0 Å². The molecular weight excluding hydrogens is 212 g/mol. The van der Waals surface area contributed by atoms with E-state index in [9.17, 15) is 9.90 Å². The van der Waals surface area contributed by atoms with E-state index in [4.69, 9.17) is 0 Å². The first-order chi connectivity index (χ1) is 7.27. The summed E-state index contributed by atoms with van der Waals surface area (Å²) >= 11 is 1.74. The van der Waals surface area contributed by atoms with E-state index in [1.54, 1.807) is 11.8 Å². The van der Waals surface area contributed by atoms with Gasteiger partial charge in [-0.15, -0.1) is 11.8 Å². The van der Waals surface area contributed by atoms with E-state index in [2.05, 4.69) is 10.6 Å². The van der Waals surface area contributed by atoms with Gasteiger partial charge in [0.1, 0.15) is 0 Å². The lowest BCUT2D eigenvalue weighted by Gasteiger charge is -2.15. The zero-order valence-corrected chi connectivity index (χ0v) is 9.55. The Morgan fingerprint density at radius 3 is 3.00 bits per heavy atom. The summed E-state index contributed by atoms with van der Waals surface area (Å²) in [6.07, 6.45) is 1.85. The summed E-state index contributed by atoms with van der Waals surface area (Å²) < 4.78 is 0. The van der Waals surface area contributed by atoms with E-state index in [1.807, 2.05) is 0 Å². The van der Waals surface area contributed by atoms with Crippen molar-refractivity contribution in [1.82, 2.24) is 10.6 Å². The molecule has 2 aliphatic heterocycles. The molecule has 2 fully saturated rings. The second-order valence-electron chi connectivity index (χ2n) is 4.23. The van der Waals surface area contributed by atoms with Gasteiger partial charge < -0.3 is 15.7 Å². The summed E-state index contributed by atoms with van der Waals surface area (Å²) in [5.41, 5.74) is 0. The number of carbonyl (C=O) groups excluding carboxylic acids is 1. The summed E-state index contributed by atoms with van der Waals surface area (Å²) in [6, 6.07) is 0. The molecule has 5 heteroatoms. The first-order valence-corrected chi connectivity index (χ1v) is 6.60. The minimum absolute atomic E-state index is 0.150. The summed E-state index contributed by atoms with van der Waals surface area (Å²) in [5, 5.41) is 15.7. The van der Waals surface area contributed by atoms with Crippen molar-refractivity contribution in [1.29, 1.82) is 0 Å². The molecule has 0 spiro atoms. The first kappa shape index (κ1) is 11.2. The standard InChI is InChI=1S/C10H18N2O2S/c13-8-6-11-4-7(8)5-12-10(14)9-2-1-3-15-9/h7-9,11,13H,1-6H2,(H,12,14). The van der Waals surface area contributed by atoms with Gasteiger partial charge in [-0.3, -0.25) is 4.79 Å². The van der Waals surface area contributed by atoms with Crippen LogP contribution in [-0.2, 0) is 4.79 Å². The fourth-order valence-electron chi connectivity index (χ4n) is 2.06. The number of thioether (sulfide) groups is 1. The van der Waals surface area contributed by atoms with Crippen LogP contribution in [0.25, 0.3) is 0 Å². The van der Waals surface area contributed by atoms with Gasteiger partial charge in [0.05, 0.1) is 11.4 Å². The van der Waals surface area contributed by atoms with Crippen LogP contribution in [-0.4, -0.2) is 47.8 Å². The lowest BCUT2D eigenvalue weighted by Crippen LogP contribution is -2.38. The fourth-order valence-corrected chi connectivity index (χ4v) is 3.24. The highest BCUT2D eigenvalue weighted by molar-refractivity contribution is 8.00. The Bertz CT molecular complexity index is 231. The third-order valence-electron chi connectivity index (χ3n) is 3.06. The van der Waals surface area contributed by atoms with Crippen molar-refractivity contribution in [3.8, 4) is 0 Å². The molecule has 1 amide bonds. The Labute approximate surface area is 94.2 Å². The van der Waals surface area contributed by atoms with Gasteiger partial charge in [0, 0.05) is 25.6 Å². The number of aliphatic hydroxyl groups excluding tert-OH is 1. The van der Waals surface area contributed by atoms with Gasteiger partial charge in [-0.05, 0) is 18.6 Å². The number of carbonyl (C=O) groups is 1. The van der Waals surface area contributed by atoms with E-state index < -0.39 is 0 Å². The molecule has 0 saturated carbocycles. The van der Waals surface area contributed by atoms with Crippen molar-refractivity contribution < 1.29 is 9.90 Å². The molecule has 0 bridgehead atoms. The molecule has 0 aliphatic carbocycles. The van der Waals surface area contributed by atoms with Gasteiger partial charge in [0.15, 0.2) is 0 Å². The predicted octanol–water partition coefficient (Wildman–Crippen LogP) is -0.421. The smallest absolute Gasteiger partial charge is 0.233 e. The molecule has 0 aromatic heterocycles. The van der Waals surface area contributed by atoms with E-state index in [0.29, 0.717) is 13.1 Å². The molecule has 15 heavy (non-hydrogen) atoms. The van der Waals surface area contributed by atoms with Crippen LogP contribution in [0.1, 0.15) is 12.8 Å². The second-order valence-corrected chi connectivity index (χ2v) is 5.54. The number of β-amino-alcohol motifs (C(OH)–C–C–N with tert-alkyl or cyclic N) is 1. The maximum Gasteiger partial charge on any atom is 0.233 e. The summed E-state index contributed by atoms with van der Waals surface area (Å²) in [6.45, 7) is 2.06. The molecule has 0 aromatic rings. The zero-order valence-electron chi connectivity index (χ0n) is 8.74. The molecule has 3 unspecified atom stereocenters. The molecule has 2 saturated heterocycles. The van der Waals surface area contributed by atoms with Gasteiger partial charge in [0.25, 0.3) is 0 Å². The predicted molar refractivity (Wildman–Crippen MR) is 60.9 cm³/mol. The van der Waals surface area contributed by atoms with Gasteiger partial charge in [-0.25, -0.2) is 0 Å². The molecule has 3 N–H and O–H groups in total. The zero-order chi connectivity index (χ0) is 10.7. The van der Waals surface area contributed by atoms with Crippen LogP contribution in [0.5, 0.6) is 0 Å². The van der Waals surface area contributed by atoms with Crippen molar-refractivity contribution in [2.45, 2.75) is 24.2 Å². The number of hydrogen-bond acceptors (Lipinski definition) is 4. The molecule has 2 heterocycles. The van der Waals surface area contributed by atoms with Gasteiger partial charge in [0.2, 0.25) is 5.91 Å². The summed E-state index contributed by atoms with van der Waals surface area (Å²) in [7, 11) is 0. The molecule has 86 valence electrons. The van der Waals surface area contributed by atoms with E-state index in [0.717, 1.165) is 25.1 Å². The highest BCUT2D eigenvalue weighted by Crippen LogP contribution is 2.26. The average Bonchev–Trinajstić information content (AvgIpc) is 2.85. The van der Waals surface area contributed by atoms with Crippen molar-refractivity contribution in [2.75, 3.05) is 25.4 Å². The van der Waals surface area contributed by atoms with Gasteiger partial charge in [-0.1, -0.05) is 0 Å². The van der Waals surface area contributed by atoms with Crippen LogP contribution in [0.4, 0.5) is 0 Å². The number of nitrogens with one attached hydrogen (secondary N) is 2. The quantitative estimate of drug-likeness (QED) is 0.616. The Balaban J connectivity index is 1.70. The van der Waals surface area contributed by atoms with Crippen LogP contribution in [0, 0.1) is 5.92 Å². The van der Waals surface area contributed by atoms with E-state index >= 15 is 0 Å². The van der Waals surface area contributed by atoms with E-state index in [1.165, 1.54) is 0 Å². The number of amides is 1.